The molecule has 1 aromatic rings. The average Bonchev–Trinajstić information content (AvgIpc) is 2.69. The summed E-state index contributed by atoms with van der Waals surface area (Å²) in [4.78, 5) is 0.166. The summed E-state index contributed by atoms with van der Waals surface area (Å²) in [5.74, 6) is 0. The lowest BCUT2D eigenvalue weighted by Crippen LogP contribution is -2.30. The molecule has 1 heterocycles. The summed E-state index contributed by atoms with van der Waals surface area (Å²) in [7, 11) is -1.91. The highest BCUT2D eigenvalue weighted by atomic mass is 32.2. The van der Waals surface area contributed by atoms with Gasteiger partial charge >= 0.3 is 0 Å². The van der Waals surface area contributed by atoms with Gasteiger partial charge in [-0.3, -0.25) is 5.10 Å². The molecule has 7 heteroatoms. The predicted molar refractivity (Wildman–Crippen MR) is 59.5 cm³/mol. The highest BCUT2D eigenvalue weighted by Crippen LogP contribution is 2.11. The predicted octanol–water partition coefficient (Wildman–Crippen LogP) is 0.455. The molecule has 1 aromatic heterocycles. The average molecular weight is 247 g/mol. The number of aromatic amines is 1. The van der Waals surface area contributed by atoms with Crippen molar-refractivity contribution < 1.29 is 13.2 Å². The van der Waals surface area contributed by atoms with Gasteiger partial charge in [-0.15, -0.1) is 0 Å². The SMILES string of the molecule is CC(C)OCCN(C)S(=O)(=O)c1cn[nH]c1. The number of aromatic nitrogens is 2. The Bertz CT molecular complexity index is 400. The number of ether oxygens (including phenoxy) is 1. The molecule has 16 heavy (non-hydrogen) atoms. The smallest absolute Gasteiger partial charge is 0.246 e. The van der Waals surface area contributed by atoms with Gasteiger partial charge in [-0.05, 0) is 13.8 Å². The molecule has 6 nitrogen and oxygen atoms in total. The van der Waals surface area contributed by atoms with Crippen LogP contribution in [-0.2, 0) is 14.8 Å². The number of nitrogens with one attached hydrogen (secondary N) is 1. The van der Waals surface area contributed by atoms with Crippen LogP contribution in [0.1, 0.15) is 13.8 Å². The van der Waals surface area contributed by atoms with Gasteiger partial charge in [0, 0.05) is 19.8 Å². The zero-order valence-corrected chi connectivity index (χ0v) is 10.5. The van der Waals surface area contributed by atoms with Crippen molar-refractivity contribution in [1.29, 1.82) is 0 Å². The van der Waals surface area contributed by atoms with Crippen LogP contribution in [0.2, 0.25) is 0 Å². The largest absolute Gasteiger partial charge is 0.377 e. The maximum atomic E-state index is 11.9. The number of rotatable bonds is 6. The van der Waals surface area contributed by atoms with Crippen molar-refractivity contribution in [1.82, 2.24) is 14.5 Å². The molecule has 0 unspecified atom stereocenters. The topological polar surface area (TPSA) is 75.3 Å². The van der Waals surface area contributed by atoms with Crippen LogP contribution in [-0.4, -0.2) is 49.2 Å². The molecule has 0 saturated heterocycles. The Morgan fingerprint density at radius 2 is 2.25 bits per heavy atom. The Morgan fingerprint density at radius 1 is 1.56 bits per heavy atom. The molecule has 0 radical (unpaired) electrons. The van der Waals surface area contributed by atoms with Crippen molar-refractivity contribution in [2.24, 2.45) is 0 Å². The Hall–Kier alpha value is -0.920. The second-order valence-corrected chi connectivity index (χ2v) is 5.73. The maximum absolute atomic E-state index is 11.9. The quantitative estimate of drug-likeness (QED) is 0.792. The van der Waals surface area contributed by atoms with Gasteiger partial charge in [0.1, 0.15) is 4.90 Å². The van der Waals surface area contributed by atoms with E-state index in [1.165, 1.54) is 23.7 Å². The summed E-state index contributed by atoms with van der Waals surface area (Å²) in [6.45, 7) is 4.52. The summed E-state index contributed by atoms with van der Waals surface area (Å²) in [6, 6.07) is 0. The normalized spacial score (nSPS) is 12.6. The first kappa shape index (κ1) is 13.1. The Labute approximate surface area is 95.7 Å². The Balaban J connectivity index is 2.57. The van der Waals surface area contributed by atoms with Crippen LogP contribution in [0.3, 0.4) is 0 Å². The van der Waals surface area contributed by atoms with Gasteiger partial charge < -0.3 is 4.74 Å². The van der Waals surface area contributed by atoms with Crippen LogP contribution in [0, 0.1) is 0 Å². The van der Waals surface area contributed by atoms with Crippen LogP contribution < -0.4 is 0 Å². The van der Waals surface area contributed by atoms with E-state index in [2.05, 4.69) is 10.2 Å². The monoisotopic (exact) mass is 247 g/mol. The van der Waals surface area contributed by atoms with Crippen LogP contribution in [0.25, 0.3) is 0 Å². The fourth-order valence-electron chi connectivity index (χ4n) is 1.10. The van der Waals surface area contributed by atoms with E-state index in [1.807, 2.05) is 13.8 Å². The molecular formula is C9H17N3O3S. The molecule has 1 rings (SSSR count). The standard InChI is InChI=1S/C9H17N3O3S/c1-8(2)15-5-4-12(3)16(13,14)9-6-10-11-7-9/h6-8H,4-5H2,1-3H3,(H,10,11). The summed E-state index contributed by atoms with van der Waals surface area (Å²) in [5.41, 5.74) is 0. The van der Waals surface area contributed by atoms with Gasteiger partial charge in [0.15, 0.2) is 0 Å². The maximum Gasteiger partial charge on any atom is 0.246 e. The molecule has 0 amide bonds. The molecule has 0 spiro atoms. The van der Waals surface area contributed by atoms with Crippen molar-refractivity contribution in [2.75, 3.05) is 20.2 Å². The Morgan fingerprint density at radius 3 is 2.75 bits per heavy atom. The Kier molecular flexibility index (Phi) is 4.45. The highest BCUT2D eigenvalue weighted by molar-refractivity contribution is 7.89. The third-order valence-corrected chi connectivity index (χ3v) is 3.86. The van der Waals surface area contributed by atoms with Gasteiger partial charge in [0.2, 0.25) is 10.0 Å². The minimum Gasteiger partial charge on any atom is -0.377 e. The fraction of sp³-hybridized carbons (Fsp3) is 0.667. The first-order valence-electron chi connectivity index (χ1n) is 5.01. The van der Waals surface area contributed by atoms with Crippen molar-refractivity contribution in [3.05, 3.63) is 12.4 Å². The van der Waals surface area contributed by atoms with Crippen LogP contribution in [0.15, 0.2) is 17.3 Å². The molecular weight excluding hydrogens is 230 g/mol. The molecule has 0 aliphatic carbocycles. The van der Waals surface area contributed by atoms with Gasteiger partial charge in [-0.2, -0.15) is 9.40 Å². The summed E-state index contributed by atoms with van der Waals surface area (Å²) in [6.07, 6.45) is 2.75. The first-order chi connectivity index (χ1) is 7.44. The molecule has 0 bridgehead atoms. The molecule has 92 valence electrons. The molecule has 0 aliphatic heterocycles. The molecule has 0 saturated carbocycles. The molecule has 0 atom stereocenters. The van der Waals surface area contributed by atoms with Crippen molar-refractivity contribution in [3.63, 3.8) is 0 Å². The highest BCUT2D eigenvalue weighted by Gasteiger charge is 2.21. The molecule has 0 fully saturated rings. The lowest BCUT2D eigenvalue weighted by Gasteiger charge is -2.16. The van der Waals surface area contributed by atoms with E-state index in [1.54, 1.807) is 0 Å². The number of nitrogens with zero attached hydrogens (tertiary/aromatic N) is 2. The summed E-state index contributed by atoms with van der Waals surface area (Å²) < 4.78 is 30.3. The zero-order chi connectivity index (χ0) is 12.2. The summed E-state index contributed by atoms with van der Waals surface area (Å²) in [5, 5.41) is 6.10. The number of H-pyrrole nitrogens is 1. The molecule has 1 N–H and O–H groups in total. The van der Waals surface area contributed by atoms with Gasteiger partial charge in [0.05, 0.1) is 18.9 Å². The third kappa shape index (κ3) is 3.29. The van der Waals surface area contributed by atoms with Crippen LogP contribution in [0.4, 0.5) is 0 Å². The molecule has 0 aliphatic rings. The van der Waals surface area contributed by atoms with Crippen LogP contribution in [0.5, 0.6) is 0 Å². The van der Waals surface area contributed by atoms with E-state index in [0.717, 1.165) is 0 Å². The van der Waals surface area contributed by atoms with Crippen LogP contribution >= 0.6 is 0 Å². The first-order valence-corrected chi connectivity index (χ1v) is 6.45. The molecule has 0 aromatic carbocycles. The van der Waals surface area contributed by atoms with Crippen molar-refractivity contribution >= 4 is 10.0 Å². The van der Waals surface area contributed by atoms with Gasteiger partial charge in [-0.25, -0.2) is 8.42 Å². The minimum atomic E-state index is -3.43. The second kappa shape index (κ2) is 5.42. The fourth-order valence-corrected chi connectivity index (χ4v) is 2.16. The van der Waals surface area contributed by atoms with E-state index >= 15 is 0 Å². The van der Waals surface area contributed by atoms with Crippen molar-refractivity contribution in [3.8, 4) is 0 Å². The van der Waals surface area contributed by atoms with Crippen molar-refractivity contribution in [2.45, 2.75) is 24.8 Å². The lowest BCUT2D eigenvalue weighted by atomic mass is 10.5. The zero-order valence-electron chi connectivity index (χ0n) is 9.67. The van der Waals surface area contributed by atoms with Gasteiger partial charge in [0.25, 0.3) is 0 Å². The third-order valence-electron chi connectivity index (χ3n) is 2.04. The number of likely N-dealkylation sites (N-methyl/N-ethyl adjacent to an activating group) is 1. The van der Waals surface area contributed by atoms with Gasteiger partial charge in [-0.1, -0.05) is 0 Å². The van der Waals surface area contributed by atoms with E-state index < -0.39 is 10.0 Å². The minimum absolute atomic E-state index is 0.102. The number of sulfonamides is 1. The number of hydrogen-bond acceptors (Lipinski definition) is 4. The van der Waals surface area contributed by atoms with E-state index in [0.29, 0.717) is 13.2 Å². The number of hydrogen-bond donors (Lipinski definition) is 1. The summed E-state index contributed by atoms with van der Waals surface area (Å²) >= 11 is 0. The van der Waals surface area contributed by atoms with E-state index in [-0.39, 0.29) is 11.0 Å². The second-order valence-electron chi connectivity index (χ2n) is 3.68. The van der Waals surface area contributed by atoms with E-state index in [4.69, 9.17) is 4.74 Å². The lowest BCUT2D eigenvalue weighted by molar-refractivity contribution is 0.0737. The van der Waals surface area contributed by atoms with E-state index in [9.17, 15) is 8.42 Å².